The number of fused-ring (bicyclic) bond motifs is 8. The molecule has 0 spiro atoms. The van der Waals surface area contributed by atoms with Gasteiger partial charge in [0.2, 0.25) is 0 Å². The molecular formula is C55H33N3OS. The fraction of sp³-hybridized carbons (Fsp3) is 0. The van der Waals surface area contributed by atoms with Crippen molar-refractivity contribution in [3.8, 4) is 67.5 Å². The average Bonchev–Trinajstić information content (AvgIpc) is 3.97. The normalized spacial score (nSPS) is 13.8. The molecule has 3 heterocycles. The topological polar surface area (TPSA) is 51.8 Å². The van der Waals surface area contributed by atoms with Crippen LogP contribution in [0.2, 0.25) is 0 Å². The van der Waals surface area contributed by atoms with Crippen LogP contribution in [0.25, 0.3) is 120 Å². The van der Waals surface area contributed by atoms with Crippen LogP contribution in [-0.2, 0) is 0 Å². The lowest BCUT2D eigenvalue weighted by molar-refractivity contribution is 0.669. The van der Waals surface area contributed by atoms with Crippen LogP contribution in [0.5, 0.6) is 0 Å². The highest BCUT2D eigenvalue weighted by Gasteiger charge is 2.18. The second-order valence-corrected chi connectivity index (χ2v) is 15.5. The molecule has 0 atom stereocenters. The number of rotatable bonds is 6. The van der Waals surface area contributed by atoms with Crippen molar-refractivity contribution in [3.05, 3.63) is 200 Å². The van der Waals surface area contributed by atoms with Crippen LogP contribution in [0.1, 0.15) is 12.3 Å². The Morgan fingerprint density at radius 2 is 1.00 bits per heavy atom. The molecule has 3 aromatic heterocycles. The molecule has 4 nitrogen and oxygen atoms in total. The molecule has 12 aromatic rings. The number of hydrogen-bond donors (Lipinski definition) is 0. The Kier molecular flexibility index (Phi) is 6.13. The number of nitrogens with zero attached hydrogens (tertiary/aromatic N) is 3. The van der Waals surface area contributed by atoms with E-state index in [4.69, 9.17) is 30.3 Å². The number of thiophene rings is 1. The summed E-state index contributed by atoms with van der Waals surface area (Å²) in [5, 5.41) is 2.23. The van der Waals surface area contributed by atoms with Gasteiger partial charge in [-0.15, -0.1) is 11.3 Å². The summed E-state index contributed by atoms with van der Waals surface area (Å²) in [6.07, 6.45) is 0. The molecule has 0 radical (unpaired) electrons. The van der Waals surface area contributed by atoms with Crippen molar-refractivity contribution in [3.63, 3.8) is 0 Å². The van der Waals surface area contributed by atoms with E-state index < -0.39 is 24.2 Å². The molecule has 0 unspecified atom stereocenters. The fourth-order valence-electron chi connectivity index (χ4n) is 8.01. The highest BCUT2D eigenvalue weighted by molar-refractivity contribution is 7.27. The molecule has 9 aromatic carbocycles. The summed E-state index contributed by atoms with van der Waals surface area (Å²) in [7, 11) is 0. The van der Waals surface area contributed by atoms with Crippen molar-refractivity contribution in [2.75, 3.05) is 0 Å². The molecule has 0 aliphatic heterocycles. The second-order valence-electron chi connectivity index (χ2n) is 14.5. The third kappa shape index (κ3) is 5.78. The van der Waals surface area contributed by atoms with Crippen LogP contribution in [0.4, 0.5) is 0 Å². The average molecular weight is 793 g/mol. The van der Waals surface area contributed by atoms with Crippen molar-refractivity contribution >= 4 is 64.2 Å². The Bertz CT molecular complexity index is 4140. The lowest BCUT2D eigenvalue weighted by Gasteiger charge is -2.11. The quantitative estimate of drug-likeness (QED) is 0.168. The van der Waals surface area contributed by atoms with Crippen molar-refractivity contribution in [2.24, 2.45) is 0 Å². The zero-order valence-corrected chi connectivity index (χ0v) is 32.3. The third-order valence-corrected chi connectivity index (χ3v) is 12.1. The Hall–Kier alpha value is -7.73. The maximum Gasteiger partial charge on any atom is 0.164 e. The van der Waals surface area contributed by atoms with Crippen LogP contribution < -0.4 is 0 Å². The van der Waals surface area contributed by atoms with Gasteiger partial charge in [-0.3, -0.25) is 0 Å². The lowest BCUT2D eigenvalue weighted by Crippen LogP contribution is -2.00. The van der Waals surface area contributed by atoms with Crippen LogP contribution >= 0.6 is 11.3 Å². The minimum Gasteiger partial charge on any atom is -0.456 e. The molecule has 0 saturated heterocycles. The van der Waals surface area contributed by atoms with Crippen LogP contribution in [0.15, 0.2) is 204 Å². The molecule has 0 fully saturated rings. The molecule has 0 aliphatic rings. The SMILES string of the molecule is [2H]c1c([2H])c([2H])c2c(sc3c4c([2H])c([2H])c([2H])c([2H])c4c([2H])c([2H])c32)c1-c1cccc(-c2nc(-c3cccc(-c4ccccc4)c3)nc(-c3ccc4c(c3)oc3cccc(-c5ccccc5)c34)n2)c1. The van der Waals surface area contributed by atoms with Crippen molar-refractivity contribution in [2.45, 2.75) is 0 Å². The summed E-state index contributed by atoms with van der Waals surface area (Å²) in [6, 6.07) is 44.1. The van der Waals surface area contributed by atoms with E-state index >= 15 is 0 Å². The predicted molar refractivity (Wildman–Crippen MR) is 250 cm³/mol. The summed E-state index contributed by atoms with van der Waals surface area (Å²) in [6.45, 7) is 0. The number of hydrogen-bond acceptors (Lipinski definition) is 5. The highest BCUT2D eigenvalue weighted by Crippen LogP contribution is 2.44. The van der Waals surface area contributed by atoms with Gasteiger partial charge in [-0.1, -0.05) is 170 Å². The fourth-order valence-corrected chi connectivity index (χ4v) is 9.25. The monoisotopic (exact) mass is 792 g/mol. The second kappa shape index (κ2) is 14.0. The van der Waals surface area contributed by atoms with Gasteiger partial charge >= 0.3 is 0 Å². The van der Waals surface area contributed by atoms with Crippen LogP contribution in [-0.4, -0.2) is 15.0 Å². The molecular weight excluding hydrogens is 751 g/mol. The lowest BCUT2D eigenvalue weighted by atomic mass is 9.99. The van der Waals surface area contributed by atoms with Crippen molar-refractivity contribution in [1.82, 2.24) is 15.0 Å². The van der Waals surface area contributed by atoms with Gasteiger partial charge in [-0.25, -0.2) is 15.0 Å². The Morgan fingerprint density at radius 1 is 0.383 bits per heavy atom. The van der Waals surface area contributed by atoms with E-state index in [1.807, 2.05) is 115 Å². The maximum atomic E-state index is 9.30. The first kappa shape index (κ1) is 26.3. The Labute approximate surface area is 362 Å². The standard InChI is InChI=1S/C55H33N3OS/c1-3-13-34(14-4-1)37-18-9-20-39(31-37)53-56-54(58-55(57-53)41-28-30-47-49(33-41)59-48-26-12-23-42(50(47)48)35-15-5-2-6-16-35)40-21-10-19-38(32-40)44-24-11-25-45-46-29-27-36-17-7-8-22-43(36)51(46)60-52(44)45/h1-33H/i7D,8D,11D,17D,22D,24D,25D,27D,29D. The maximum absolute atomic E-state index is 9.30. The minimum absolute atomic E-state index is 0.0643. The largest absolute Gasteiger partial charge is 0.456 e. The van der Waals surface area contributed by atoms with Gasteiger partial charge in [-0.05, 0) is 74.5 Å². The van der Waals surface area contributed by atoms with E-state index in [-0.39, 0.29) is 56.5 Å². The van der Waals surface area contributed by atoms with E-state index in [1.54, 1.807) is 12.1 Å². The molecule has 12 rings (SSSR count). The minimum atomic E-state index is -0.512. The molecule has 0 saturated carbocycles. The molecule has 0 amide bonds. The van der Waals surface area contributed by atoms with E-state index in [0.717, 1.165) is 55.5 Å². The van der Waals surface area contributed by atoms with Crippen LogP contribution in [0.3, 0.4) is 0 Å². The summed E-state index contributed by atoms with van der Waals surface area (Å²) < 4.78 is 86.9. The van der Waals surface area contributed by atoms with Crippen molar-refractivity contribution in [1.29, 1.82) is 0 Å². The zero-order chi connectivity index (χ0) is 47.4. The van der Waals surface area contributed by atoms with Gasteiger partial charge in [0.1, 0.15) is 11.2 Å². The van der Waals surface area contributed by atoms with Crippen molar-refractivity contribution < 1.29 is 16.8 Å². The molecule has 0 bridgehead atoms. The van der Waals surface area contributed by atoms with Gasteiger partial charge in [0.05, 0.1) is 12.3 Å². The number of benzene rings is 9. The third-order valence-electron chi connectivity index (χ3n) is 10.9. The van der Waals surface area contributed by atoms with Gasteiger partial charge in [-0.2, -0.15) is 0 Å². The Balaban J connectivity index is 1.06. The highest BCUT2D eigenvalue weighted by atomic mass is 32.1. The predicted octanol–water partition coefficient (Wildman–Crippen LogP) is 15.3. The summed E-state index contributed by atoms with van der Waals surface area (Å²) in [5.74, 6) is 1.14. The molecule has 0 aliphatic carbocycles. The first-order valence-corrected chi connectivity index (χ1v) is 20.2. The molecule has 60 heavy (non-hydrogen) atoms. The zero-order valence-electron chi connectivity index (χ0n) is 40.5. The smallest absolute Gasteiger partial charge is 0.164 e. The summed E-state index contributed by atoms with van der Waals surface area (Å²) in [4.78, 5) is 15.2. The van der Waals surface area contributed by atoms with E-state index in [0.29, 0.717) is 50.0 Å². The summed E-state index contributed by atoms with van der Waals surface area (Å²) >= 11 is 1.09. The molecule has 280 valence electrons. The number of furan rings is 1. The molecule has 5 heteroatoms. The summed E-state index contributed by atoms with van der Waals surface area (Å²) in [5.41, 5.74) is 8.37. The number of aromatic nitrogens is 3. The van der Waals surface area contributed by atoms with E-state index in [9.17, 15) is 1.37 Å². The Morgan fingerprint density at radius 3 is 1.78 bits per heavy atom. The molecule has 0 N–H and O–H groups in total. The first-order valence-electron chi connectivity index (χ1n) is 23.9. The van der Waals surface area contributed by atoms with Gasteiger partial charge in [0, 0.05) is 47.6 Å². The van der Waals surface area contributed by atoms with Gasteiger partial charge in [0.15, 0.2) is 17.5 Å². The van der Waals surface area contributed by atoms with E-state index in [1.165, 1.54) is 0 Å². The van der Waals surface area contributed by atoms with Gasteiger partial charge in [0.25, 0.3) is 0 Å². The van der Waals surface area contributed by atoms with Gasteiger partial charge < -0.3 is 4.42 Å². The first-order chi connectivity index (χ1) is 33.5. The van der Waals surface area contributed by atoms with Crippen LogP contribution in [0, 0.1) is 0 Å². The van der Waals surface area contributed by atoms with E-state index in [2.05, 4.69) is 18.2 Å².